The average molecular weight is 416 g/mol. The Morgan fingerprint density at radius 2 is 1.45 bits per heavy atom. The lowest BCUT2D eigenvalue weighted by Crippen LogP contribution is -2.09. The van der Waals surface area contributed by atoms with Gasteiger partial charge in [0.05, 0.1) is 49.8 Å². The molecule has 0 aliphatic rings. The van der Waals surface area contributed by atoms with Gasteiger partial charge in [-0.2, -0.15) is 0 Å². The molecule has 0 N–H and O–H groups in total. The van der Waals surface area contributed by atoms with E-state index >= 15 is 0 Å². The van der Waals surface area contributed by atoms with Crippen LogP contribution in [-0.2, 0) is 0 Å². The molecule has 0 saturated heterocycles. The highest BCUT2D eigenvalue weighted by molar-refractivity contribution is 5.92. The minimum Gasteiger partial charge on any atom is -0.493 e. The number of carbonyl (C=O) groups excluding carboxylic acids is 1. The third-order valence-electron chi connectivity index (χ3n) is 4.71. The first-order valence-electron chi connectivity index (χ1n) is 9.47. The molecule has 4 rings (SSSR count). The van der Waals surface area contributed by atoms with Gasteiger partial charge in [-0.05, 0) is 48.5 Å². The molecule has 0 spiro atoms. The second-order valence-corrected chi connectivity index (χ2v) is 6.57. The van der Waals surface area contributed by atoms with Crippen LogP contribution < -0.4 is 18.9 Å². The van der Waals surface area contributed by atoms with Crippen molar-refractivity contribution in [1.82, 2.24) is 9.97 Å². The number of hydrogen-bond donors (Lipinski definition) is 0. The molecule has 0 saturated carbocycles. The molecular weight excluding hydrogens is 396 g/mol. The number of aromatic nitrogens is 2. The third-order valence-corrected chi connectivity index (χ3v) is 4.71. The zero-order valence-electron chi connectivity index (χ0n) is 17.3. The third kappa shape index (κ3) is 4.11. The zero-order chi connectivity index (χ0) is 21.8. The quantitative estimate of drug-likeness (QED) is 0.337. The lowest BCUT2D eigenvalue weighted by atomic mass is 10.1. The number of carbonyl (C=O) groups is 1. The monoisotopic (exact) mass is 416 g/mol. The summed E-state index contributed by atoms with van der Waals surface area (Å²) < 4.78 is 21.4. The van der Waals surface area contributed by atoms with Gasteiger partial charge in [0.2, 0.25) is 5.75 Å². The maximum atomic E-state index is 12.7. The minimum atomic E-state index is -0.544. The van der Waals surface area contributed by atoms with Crippen molar-refractivity contribution in [3.8, 4) is 34.3 Å². The van der Waals surface area contributed by atoms with Crippen LogP contribution in [0.1, 0.15) is 10.4 Å². The number of benzene rings is 3. The summed E-state index contributed by atoms with van der Waals surface area (Å²) in [5.41, 5.74) is 3.53. The van der Waals surface area contributed by atoms with Crippen molar-refractivity contribution in [2.75, 3.05) is 21.3 Å². The molecule has 156 valence electrons. The molecule has 0 unspecified atom stereocenters. The number of methoxy groups -OCH3 is 3. The van der Waals surface area contributed by atoms with E-state index in [1.807, 2.05) is 36.4 Å². The van der Waals surface area contributed by atoms with E-state index in [1.165, 1.54) is 21.3 Å². The SMILES string of the molecule is COc1cc(C(=O)Oc2ccc(-c3cnc4ccccc4n3)cc2)cc(OC)c1OC. The predicted octanol–water partition coefficient (Wildman–Crippen LogP) is 4.54. The van der Waals surface area contributed by atoms with Crippen LogP contribution in [0.4, 0.5) is 0 Å². The smallest absolute Gasteiger partial charge is 0.343 e. The second kappa shape index (κ2) is 8.71. The molecule has 31 heavy (non-hydrogen) atoms. The van der Waals surface area contributed by atoms with E-state index in [1.54, 1.807) is 30.5 Å². The Balaban J connectivity index is 1.55. The topological polar surface area (TPSA) is 79.8 Å². The fourth-order valence-corrected chi connectivity index (χ4v) is 3.15. The Morgan fingerprint density at radius 3 is 2.06 bits per heavy atom. The van der Waals surface area contributed by atoms with Crippen molar-refractivity contribution < 1.29 is 23.7 Å². The summed E-state index contributed by atoms with van der Waals surface area (Å²) in [5, 5.41) is 0. The standard InChI is InChI=1S/C24H20N2O5/c1-28-21-12-16(13-22(29-2)23(21)30-3)24(27)31-17-10-8-15(9-11-17)20-14-25-18-6-4-5-7-19(18)26-20/h4-14H,1-3H3. The van der Waals surface area contributed by atoms with Crippen LogP contribution >= 0.6 is 0 Å². The molecule has 1 heterocycles. The molecule has 1 aromatic heterocycles. The lowest BCUT2D eigenvalue weighted by molar-refractivity contribution is 0.0734. The summed E-state index contributed by atoms with van der Waals surface area (Å²) in [6.07, 6.45) is 1.72. The molecule has 0 bridgehead atoms. The van der Waals surface area contributed by atoms with Gasteiger partial charge in [0, 0.05) is 5.56 Å². The molecule has 0 aliphatic heterocycles. The van der Waals surface area contributed by atoms with Crippen LogP contribution in [-0.4, -0.2) is 37.3 Å². The molecule has 0 amide bonds. The Bertz CT molecular complexity index is 1210. The maximum Gasteiger partial charge on any atom is 0.343 e. The van der Waals surface area contributed by atoms with Crippen molar-refractivity contribution in [1.29, 1.82) is 0 Å². The minimum absolute atomic E-state index is 0.277. The summed E-state index contributed by atoms with van der Waals surface area (Å²) in [6, 6.07) is 17.8. The lowest BCUT2D eigenvalue weighted by Gasteiger charge is -2.13. The summed E-state index contributed by atoms with van der Waals surface area (Å²) in [7, 11) is 4.47. The van der Waals surface area contributed by atoms with Gasteiger partial charge in [0.25, 0.3) is 0 Å². The van der Waals surface area contributed by atoms with E-state index in [4.69, 9.17) is 18.9 Å². The van der Waals surface area contributed by atoms with Gasteiger partial charge >= 0.3 is 5.97 Å². The first kappa shape index (κ1) is 20.2. The van der Waals surface area contributed by atoms with Crippen LogP contribution in [0.15, 0.2) is 66.9 Å². The van der Waals surface area contributed by atoms with Gasteiger partial charge < -0.3 is 18.9 Å². The predicted molar refractivity (Wildman–Crippen MR) is 116 cm³/mol. The van der Waals surface area contributed by atoms with Crippen LogP contribution in [0, 0.1) is 0 Å². The highest BCUT2D eigenvalue weighted by Crippen LogP contribution is 2.38. The van der Waals surface area contributed by atoms with Crippen LogP contribution in [0.5, 0.6) is 23.0 Å². The fourth-order valence-electron chi connectivity index (χ4n) is 3.15. The van der Waals surface area contributed by atoms with E-state index in [0.29, 0.717) is 23.0 Å². The summed E-state index contributed by atoms with van der Waals surface area (Å²) >= 11 is 0. The molecule has 0 aliphatic carbocycles. The summed E-state index contributed by atoms with van der Waals surface area (Å²) in [6.45, 7) is 0. The van der Waals surface area contributed by atoms with E-state index in [0.717, 1.165) is 22.3 Å². The number of nitrogens with zero attached hydrogens (tertiary/aromatic N) is 2. The van der Waals surface area contributed by atoms with Crippen molar-refractivity contribution in [2.45, 2.75) is 0 Å². The van der Waals surface area contributed by atoms with Gasteiger partial charge in [0.1, 0.15) is 5.75 Å². The van der Waals surface area contributed by atoms with Crippen LogP contribution in [0.2, 0.25) is 0 Å². The Kier molecular flexibility index (Phi) is 5.66. The van der Waals surface area contributed by atoms with Crippen molar-refractivity contribution in [2.24, 2.45) is 0 Å². The van der Waals surface area contributed by atoms with Gasteiger partial charge in [-0.25, -0.2) is 9.78 Å². The number of hydrogen-bond acceptors (Lipinski definition) is 7. The molecule has 7 heteroatoms. The highest BCUT2D eigenvalue weighted by Gasteiger charge is 2.18. The molecule has 3 aromatic carbocycles. The van der Waals surface area contributed by atoms with Gasteiger partial charge in [-0.15, -0.1) is 0 Å². The van der Waals surface area contributed by atoms with Gasteiger partial charge in [-0.1, -0.05) is 12.1 Å². The Labute approximate surface area is 179 Å². The fraction of sp³-hybridized carbons (Fsp3) is 0.125. The number of fused-ring (bicyclic) bond motifs is 1. The summed E-state index contributed by atoms with van der Waals surface area (Å²) in [5.74, 6) is 1.01. The second-order valence-electron chi connectivity index (χ2n) is 6.57. The zero-order valence-corrected chi connectivity index (χ0v) is 17.3. The molecule has 0 fully saturated rings. The average Bonchev–Trinajstić information content (AvgIpc) is 2.83. The Morgan fingerprint density at radius 1 is 0.806 bits per heavy atom. The molecule has 7 nitrogen and oxygen atoms in total. The summed E-state index contributed by atoms with van der Waals surface area (Å²) in [4.78, 5) is 21.7. The molecule has 0 radical (unpaired) electrons. The van der Waals surface area contributed by atoms with Crippen LogP contribution in [0.25, 0.3) is 22.3 Å². The first-order chi connectivity index (χ1) is 15.1. The van der Waals surface area contributed by atoms with Crippen molar-refractivity contribution in [3.05, 3.63) is 72.4 Å². The molecule has 0 atom stereocenters. The molecule has 4 aromatic rings. The van der Waals surface area contributed by atoms with E-state index in [9.17, 15) is 4.79 Å². The number of para-hydroxylation sites is 2. The Hall–Kier alpha value is -4.13. The van der Waals surface area contributed by atoms with Crippen molar-refractivity contribution >= 4 is 17.0 Å². The largest absolute Gasteiger partial charge is 0.493 e. The van der Waals surface area contributed by atoms with E-state index in [-0.39, 0.29) is 5.56 Å². The maximum absolute atomic E-state index is 12.7. The normalized spacial score (nSPS) is 10.5. The number of ether oxygens (including phenoxy) is 4. The van der Waals surface area contributed by atoms with Gasteiger partial charge in [-0.3, -0.25) is 4.98 Å². The number of esters is 1. The molecular formula is C24H20N2O5. The van der Waals surface area contributed by atoms with Crippen LogP contribution in [0.3, 0.4) is 0 Å². The van der Waals surface area contributed by atoms with Gasteiger partial charge in [0.15, 0.2) is 11.5 Å². The highest BCUT2D eigenvalue weighted by atomic mass is 16.5. The first-order valence-corrected chi connectivity index (χ1v) is 9.47. The van der Waals surface area contributed by atoms with E-state index in [2.05, 4.69) is 9.97 Å². The number of rotatable bonds is 6. The van der Waals surface area contributed by atoms with Crippen molar-refractivity contribution in [3.63, 3.8) is 0 Å². The van der Waals surface area contributed by atoms with E-state index < -0.39 is 5.97 Å².